The van der Waals surface area contributed by atoms with Crippen LogP contribution >= 0.6 is 0 Å². The highest BCUT2D eigenvalue weighted by atomic mass is 16.3. The van der Waals surface area contributed by atoms with Gasteiger partial charge in [0.25, 0.3) is 5.56 Å². The third kappa shape index (κ3) is 1.56. The minimum Gasteiger partial charge on any atom is -0.493 e. The molecule has 0 amide bonds. The lowest BCUT2D eigenvalue weighted by Crippen LogP contribution is -2.20. The average Bonchev–Trinajstić information content (AvgIpc) is 2.81. The van der Waals surface area contributed by atoms with Crippen LogP contribution in [-0.4, -0.2) is 19.5 Å². The summed E-state index contributed by atoms with van der Waals surface area (Å²) in [7, 11) is 1.67. The van der Waals surface area contributed by atoms with Gasteiger partial charge in [0.1, 0.15) is 0 Å². The molecule has 0 fully saturated rings. The highest BCUT2D eigenvalue weighted by Crippen LogP contribution is 2.29. The van der Waals surface area contributed by atoms with Crippen LogP contribution in [0.1, 0.15) is 11.1 Å². The van der Waals surface area contributed by atoms with E-state index in [-0.39, 0.29) is 11.4 Å². The number of aryl methyl sites for hydroxylation is 2. The fraction of sp³-hybridized carbons (Fsp3) is 0.200. The van der Waals surface area contributed by atoms with Crippen LogP contribution in [0, 0.1) is 13.8 Å². The number of nitrogens with zero attached hydrogens (tertiary/aromatic N) is 3. The first kappa shape index (κ1) is 12.5. The van der Waals surface area contributed by atoms with Crippen molar-refractivity contribution in [3.8, 4) is 11.6 Å². The van der Waals surface area contributed by atoms with Gasteiger partial charge in [0, 0.05) is 12.6 Å². The minimum atomic E-state index is -0.0901. The SMILES string of the molecule is Cc1c(C)c2c(O)n(-c3ccccc3)nc2n(C)c1=O. The largest absolute Gasteiger partial charge is 0.493 e. The van der Waals surface area contributed by atoms with Gasteiger partial charge >= 0.3 is 0 Å². The van der Waals surface area contributed by atoms with Gasteiger partial charge in [-0.2, -0.15) is 4.68 Å². The first-order chi connectivity index (χ1) is 9.52. The van der Waals surface area contributed by atoms with Crippen molar-refractivity contribution in [1.29, 1.82) is 0 Å². The van der Waals surface area contributed by atoms with Gasteiger partial charge in [-0.25, -0.2) is 0 Å². The van der Waals surface area contributed by atoms with E-state index in [4.69, 9.17) is 0 Å². The Morgan fingerprint density at radius 1 is 1.10 bits per heavy atom. The monoisotopic (exact) mass is 269 g/mol. The molecule has 0 aliphatic carbocycles. The molecule has 1 aromatic carbocycles. The van der Waals surface area contributed by atoms with Crippen LogP contribution in [0.4, 0.5) is 0 Å². The van der Waals surface area contributed by atoms with Gasteiger partial charge in [-0.05, 0) is 31.5 Å². The van der Waals surface area contributed by atoms with Gasteiger partial charge < -0.3 is 5.11 Å². The lowest BCUT2D eigenvalue weighted by Gasteiger charge is -2.04. The third-order valence-corrected chi connectivity index (χ3v) is 3.72. The number of hydrogen-bond donors (Lipinski definition) is 1. The second-order valence-corrected chi connectivity index (χ2v) is 4.88. The third-order valence-electron chi connectivity index (χ3n) is 3.72. The summed E-state index contributed by atoms with van der Waals surface area (Å²) >= 11 is 0. The van der Waals surface area contributed by atoms with E-state index in [9.17, 15) is 9.90 Å². The molecule has 5 nitrogen and oxygen atoms in total. The normalized spacial score (nSPS) is 11.2. The maximum atomic E-state index is 12.1. The Bertz CT molecular complexity index is 860. The highest BCUT2D eigenvalue weighted by Gasteiger charge is 2.19. The van der Waals surface area contributed by atoms with Crippen LogP contribution in [0.15, 0.2) is 35.1 Å². The molecule has 20 heavy (non-hydrogen) atoms. The Balaban J connectivity index is 2.45. The van der Waals surface area contributed by atoms with Gasteiger partial charge in [-0.15, -0.1) is 5.10 Å². The van der Waals surface area contributed by atoms with Crippen LogP contribution in [0.2, 0.25) is 0 Å². The van der Waals surface area contributed by atoms with E-state index in [0.717, 1.165) is 11.3 Å². The van der Waals surface area contributed by atoms with Gasteiger partial charge in [0.15, 0.2) is 5.65 Å². The number of hydrogen-bond acceptors (Lipinski definition) is 3. The second kappa shape index (κ2) is 4.23. The summed E-state index contributed by atoms with van der Waals surface area (Å²) in [5.74, 6) is 0.0578. The fourth-order valence-corrected chi connectivity index (χ4v) is 2.41. The lowest BCUT2D eigenvalue weighted by molar-refractivity contribution is 0.438. The summed E-state index contributed by atoms with van der Waals surface area (Å²) in [5, 5.41) is 15.4. The van der Waals surface area contributed by atoms with Gasteiger partial charge in [-0.1, -0.05) is 18.2 Å². The first-order valence-corrected chi connectivity index (χ1v) is 6.35. The standard InChI is InChI=1S/C15H15N3O2/c1-9-10(2)14(19)17(3)13-12(9)15(20)18(16-13)11-7-5-4-6-8-11/h4-8,20H,1-3H3. The molecule has 3 aromatic rings. The molecule has 0 aliphatic heterocycles. The number of benzene rings is 1. The molecule has 2 aromatic heterocycles. The summed E-state index contributed by atoms with van der Waals surface area (Å²) in [6.07, 6.45) is 0. The molecular weight excluding hydrogens is 254 g/mol. The molecule has 0 atom stereocenters. The summed E-state index contributed by atoms with van der Waals surface area (Å²) in [4.78, 5) is 12.1. The van der Waals surface area contributed by atoms with Crippen molar-refractivity contribution in [2.24, 2.45) is 7.05 Å². The second-order valence-electron chi connectivity index (χ2n) is 4.88. The Hall–Kier alpha value is -2.56. The molecular formula is C15H15N3O2. The van der Waals surface area contributed by atoms with E-state index in [1.165, 1.54) is 9.25 Å². The van der Waals surface area contributed by atoms with Crippen molar-refractivity contribution >= 4 is 11.0 Å². The van der Waals surface area contributed by atoms with E-state index in [1.807, 2.05) is 37.3 Å². The molecule has 5 heteroatoms. The van der Waals surface area contributed by atoms with E-state index in [1.54, 1.807) is 14.0 Å². The van der Waals surface area contributed by atoms with Crippen molar-refractivity contribution in [3.63, 3.8) is 0 Å². The molecule has 0 unspecified atom stereocenters. The molecule has 0 spiro atoms. The van der Waals surface area contributed by atoms with Crippen molar-refractivity contribution in [2.75, 3.05) is 0 Å². The van der Waals surface area contributed by atoms with Crippen molar-refractivity contribution in [2.45, 2.75) is 13.8 Å². The fourth-order valence-electron chi connectivity index (χ4n) is 2.41. The maximum Gasteiger partial charge on any atom is 0.255 e. The number of aromatic hydroxyl groups is 1. The van der Waals surface area contributed by atoms with Gasteiger partial charge in [-0.3, -0.25) is 9.36 Å². The Kier molecular flexibility index (Phi) is 2.64. The maximum absolute atomic E-state index is 12.1. The summed E-state index contributed by atoms with van der Waals surface area (Å²) in [6.45, 7) is 3.59. The van der Waals surface area contributed by atoms with Crippen molar-refractivity contribution in [1.82, 2.24) is 14.3 Å². The van der Waals surface area contributed by atoms with Crippen LogP contribution in [0.3, 0.4) is 0 Å². The Morgan fingerprint density at radius 2 is 1.75 bits per heavy atom. The Labute approximate surface area is 115 Å². The molecule has 1 N–H and O–H groups in total. The van der Waals surface area contributed by atoms with Crippen molar-refractivity contribution < 1.29 is 5.11 Å². The van der Waals surface area contributed by atoms with Crippen LogP contribution in [0.5, 0.6) is 5.88 Å². The molecule has 0 saturated carbocycles. The molecule has 0 saturated heterocycles. The van der Waals surface area contributed by atoms with Crippen molar-refractivity contribution in [3.05, 3.63) is 51.8 Å². The molecule has 3 rings (SSSR count). The van der Waals surface area contributed by atoms with E-state index < -0.39 is 0 Å². The minimum absolute atomic E-state index is 0.0578. The zero-order valence-corrected chi connectivity index (χ0v) is 11.6. The number of aromatic nitrogens is 3. The highest BCUT2D eigenvalue weighted by molar-refractivity contribution is 5.86. The molecule has 2 heterocycles. The van der Waals surface area contributed by atoms with Gasteiger partial charge in [0.05, 0.1) is 11.1 Å². The quantitative estimate of drug-likeness (QED) is 0.735. The molecule has 102 valence electrons. The predicted octanol–water partition coefficient (Wildman–Crippen LogP) is 2.05. The number of fused-ring (bicyclic) bond motifs is 1. The number of rotatable bonds is 1. The summed E-state index contributed by atoms with van der Waals surface area (Å²) in [6, 6.07) is 9.35. The number of para-hydroxylation sites is 1. The summed E-state index contributed by atoms with van der Waals surface area (Å²) < 4.78 is 2.92. The van der Waals surface area contributed by atoms with Crippen LogP contribution in [-0.2, 0) is 7.05 Å². The van der Waals surface area contributed by atoms with Crippen LogP contribution in [0.25, 0.3) is 16.7 Å². The molecule has 0 radical (unpaired) electrons. The molecule has 0 aliphatic rings. The van der Waals surface area contributed by atoms with E-state index in [0.29, 0.717) is 16.6 Å². The lowest BCUT2D eigenvalue weighted by atomic mass is 10.1. The van der Waals surface area contributed by atoms with Gasteiger partial charge in [0.2, 0.25) is 5.88 Å². The first-order valence-electron chi connectivity index (χ1n) is 6.35. The predicted molar refractivity (Wildman–Crippen MR) is 77.4 cm³/mol. The average molecular weight is 269 g/mol. The summed E-state index contributed by atoms with van der Waals surface area (Å²) in [5.41, 5.74) is 2.54. The van der Waals surface area contributed by atoms with E-state index >= 15 is 0 Å². The molecule has 0 bridgehead atoms. The zero-order valence-electron chi connectivity index (χ0n) is 11.6. The topological polar surface area (TPSA) is 60.0 Å². The van der Waals surface area contributed by atoms with E-state index in [2.05, 4.69) is 5.10 Å². The smallest absolute Gasteiger partial charge is 0.255 e. The van der Waals surface area contributed by atoms with Crippen LogP contribution < -0.4 is 5.56 Å². The zero-order chi connectivity index (χ0) is 14.4. The number of pyridine rings is 1. The Morgan fingerprint density at radius 3 is 2.40 bits per heavy atom.